The Labute approximate surface area is 107 Å². The third-order valence-electron chi connectivity index (χ3n) is 2.39. The molecule has 3 aromatic rings. The first kappa shape index (κ1) is 10.5. The number of pyridine rings is 1. The Balaban J connectivity index is 2.05. The number of halogens is 1. The highest BCUT2D eigenvalue weighted by atomic mass is 35.5. The van der Waals surface area contributed by atoms with Gasteiger partial charge in [-0.15, -0.1) is 0 Å². The van der Waals surface area contributed by atoms with Crippen molar-refractivity contribution >= 4 is 44.7 Å². The van der Waals surface area contributed by atoms with Crippen molar-refractivity contribution in [1.82, 2.24) is 9.36 Å². The number of hydrogen-bond donors (Lipinski definition) is 1. The summed E-state index contributed by atoms with van der Waals surface area (Å²) >= 11 is 7.51. The zero-order valence-electron chi connectivity index (χ0n) is 8.72. The van der Waals surface area contributed by atoms with Gasteiger partial charge in [0.1, 0.15) is 0 Å². The zero-order valence-corrected chi connectivity index (χ0v) is 10.3. The number of fused-ring (bicyclic) bond motifs is 1. The molecule has 0 aliphatic rings. The van der Waals surface area contributed by atoms with Crippen LogP contribution in [-0.2, 0) is 0 Å². The molecule has 1 aromatic carbocycles. The van der Waals surface area contributed by atoms with Crippen molar-refractivity contribution in [2.75, 3.05) is 5.32 Å². The molecular weight excluding hydrogens is 254 g/mol. The molecule has 5 heteroatoms. The third kappa shape index (κ3) is 1.97. The Morgan fingerprint density at radius 3 is 2.76 bits per heavy atom. The minimum atomic E-state index is 0.739. The van der Waals surface area contributed by atoms with Crippen molar-refractivity contribution in [3.05, 3.63) is 47.7 Å². The summed E-state index contributed by atoms with van der Waals surface area (Å²) in [5, 5.41) is 5.03. The van der Waals surface area contributed by atoms with Crippen molar-refractivity contribution in [2.24, 2.45) is 0 Å². The first-order valence-corrected chi connectivity index (χ1v) is 6.21. The zero-order chi connectivity index (χ0) is 11.7. The van der Waals surface area contributed by atoms with E-state index in [1.165, 1.54) is 11.5 Å². The number of benzene rings is 1. The van der Waals surface area contributed by atoms with Crippen LogP contribution in [-0.4, -0.2) is 9.36 Å². The second-order valence-electron chi connectivity index (χ2n) is 3.51. The van der Waals surface area contributed by atoms with Crippen LogP contribution in [0.3, 0.4) is 0 Å². The van der Waals surface area contributed by atoms with E-state index in [1.54, 1.807) is 12.4 Å². The van der Waals surface area contributed by atoms with Crippen LogP contribution in [0.1, 0.15) is 0 Å². The molecule has 0 saturated carbocycles. The fraction of sp³-hybridized carbons (Fsp3) is 0. The maximum atomic E-state index is 6.11. The summed E-state index contributed by atoms with van der Waals surface area (Å²) in [7, 11) is 0. The van der Waals surface area contributed by atoms with E-state index in [0.717, 1.165) is 26.6 Å². The SMILES string of the molecule is Clc1cccc2c(Nc3ccncc3)nsc12. The molecule has 0 radical (unpaired) electrons. The number of hydrogen-bond acceptors (Lipinski definition) is 4. The second-order valence-corrected chi connectivity index (χ2v) is 4.69. The molecule has 17 heavy (non-hydrogen) atoms. The highest BCUT2D eigenvalue weighted by molar-refractivity contribution is 7.14. The van der Waals surface area contributed by atoms with E-state index >= 15 is 0 Å². The van der Waals surface area contributed by atoms with Crippen molar-refractivity contribution in [2.45, 2.75) is 0 Å². The fourth-order valence-electron chi connectivity index (χ4n) is 1.59. The maximum Gasteiger partial charge on any atom is 0.152 e. The molecule has 0 aliphatic heterocycles. The van der Waals surface area contributed by atoms with Crippen LogP contribution in [0.4, 0.5) is 11.5 Å². The standard InChI is InChI=1S/C12H8ClN3S/c13-10-3-1-2-9-11(10)17-16-12(9)15-8-4-6-14-7-5-8/h1-7H,(H,14,15,16). The van der Waals surface area contributed by atoms with Crippen LogP contribution in [0.25, 0.3) is 10.1 Å². The molecule has 3 nitrogen and oxygen atoms in total. The molecule has 0 fully saturated rings. The highest BCUT2D eigenvalue weighted by Crippen LogP contribution is 2.33. The maximum absolute atomic E-state index is 6.11. The number of nitrogens with zero attached hydrogens (tertiary/aromatic N) is 2. The fourth-order valence-corrected chi connectivity index (χ4v) is 2.61. The van der Waals surface area contributed by atoms with E-state index in [2.05, 4.69) is 14.7 Å². The summed E-state index contributed by atoms with van der Waals surface area (Å²) in [6, 6.07) is 9.61. The van der Waals surface area contributed by atoms with E-state index in [0.29, 0.717) is 0 Å². The summed E-state index contributed by atoms with van der Waals surface area (Å²) in [6.45, 7) is 0. The molecule has 0 saturated heterocycles. The predicted molar refractivity (Wildman–Crippen MR) is 72.1 cm³/mol. The molecule has 0 bridgehead atoms. The van der Waals surface area contributed by atoms with Crippen LogP contribution < -0.4 is 5.32 Å². The van der Waals surface area contributed by atoms with Gasteiger partial charge in [-0.2, -0.15) is 4.37 Å². The van der Waals surface area contributed by atoms with Gasteiger partial charge in [0.15, 0.2) is 5.82 Å². The number of nitrogens with one attached hydrogen (secondary N) is 1. The smallest absolute Gasteiger partial charge is 0.152 e. The van der Waals surface area contributed by atoms with Gasteiger partial charge < -0.3 is 5.32 Å². The molecule has 84 valence electrons. The Morgan fingerprint density at radius 1 is 1.12 bits per heavy atom. The molecule has 0 aliphatic carbocycles. The topological polar surface area (TPSA) is 37.8 Å². The molecule has 0 unspecified atom stereocenters. The average molecular weight is 262 g/mol. The summed E-state index contributed by atoms with van der Waals surface area (Å²) in [4.78, 5) is 3.97. The van der Waals surface area contributed by atoms with Gasteiger partial charge >= 0.3 is 0 Å². The van der Waals surface area contributed by atoms with Gasteiger partial charge in [-0.05, 0) is 35.8 Å². The van der Waals surface area contributed by atoms with Crippen molar-refractivity contribution < 1.29 is 0 Å². The lowest BCUT2D eigenvalue weighted by atomic mass is 10.2. The first-order chi connectivity index (χ1) is 8.34. The molecule has 1 N–H and O–H groups in total. The Morgan fingerprint density at radius 2 is 1.94 bits per heavy atom. The van der Waals surface area contributed by atoms with E-state index in [4.69, 9.17) is 11.6 Å². The van der Waals surface area contributed by atoms with Gasteiger partial charge in [0.05, 0.1) is 9.72 Å². The lowest BCUT2D eigenvalue weighted by molar-refractivity contribution is 1.32. The molecule has 3 rings (SSSR count). The van der Waals surface area contributed by atoms with Crippen LogP contribution in [0.5, 0.6) is 0 Å². The largest absolute Gasteiger partial charge is 0.339 e. The minimum absolute atomic E-state index is 0.739. The molecule has 0 atom stereocenters. The minimum Gasteiger partial charge on any atom is -0.339 e. The lowest BCUT2D eigenvalue weighted by Crippen LogP contribution is -1.90. The van der Waals surface area contributed by atoms with Gasteiger partial charge in [-0.3, -0.25) is 4.98 Å². The van der Waals surface area contributed by atoms with E-state index < -0.39 is 0 Å². The van der Waals surface area contributed by atoms with E-state index in [-0.39, 0.29) is 0 Å². The van der Waals surface area contributed by atoms with E-state index in [9.17, 15) is 0 Å². The first-order valence-electron chi connectivity index (χ1n) is 5.05. The summed E-state index contributed by atoms with van der Waals surface area (Å²) in [5.74, 6) is 0.832. The van der Waals surface area contributed by atoms with Crippen molar-refractivity contribution in [3.8, 4) is 0 Å². The van der Waals surface area contributed by atoms with Gasteiger partial charge in [0.2, 0.25) is 0 Å². The summed E-state index contributed by atoms with van der Waals surface area (Å²) < 4.78 is 5.38. The van der Waals surface area contributed by atoms with Crippen LogP contribution in [0.2, 0.25) is 5.02 Å². The Kier molecular flexibility index (Phi) is 2.66. The third-order valence-corrected chi connectivity index (χ3v) is 3.72. The number of aromatic nitrogens is 2. The van der Waals surface area contributed by atoms with Crippen LogP contribution in [0, 0.1) is 0 Å². The Hall–Kier alpha value is -1.65. The van der Waals surface area contributed by atoms with Gasteiger partial charge in [-0.25, -0.2) is 0 Å². The quantitative estimate of drug-likeness (QED) is 0.755. The van der Waals surface area contributed by atoms with Crippen LogP contribution >= 0.6 is 23.1 Å². The normalized spacial score (nSPS) is 10.6. The predicted octanol–water partition coefficient (Wildman–Crippen LogP) is 4.09. The van der Waals surface area contributed by atoms with Gasteiger partial charge in [0, 0.05) is 23.5 Å². The van der Waals surface area contributed by atoms with Gasteiger partial charge in [-0.1, -0.05) is 17.7 Å². The van der Waals surface area contributed by atoms with Crippen molar-refractivity contribution in [3.63, 3.8) is 0 Å². The molecule has 0 spiro atoms. The molecular formula is C12H8ClN3S. The molecule has 2 aromatic heterocycles. The van der Waals surface area contributed by atoms with Gasteiger partial charge in [0.25, 0.3) is 0 Å². The highest BCUT2D eigenvalue weighted by Gasteiger charge is 2.08. The monoisotopic (exact) mass is 261 g/mol. The van der Waals surface area contributed by atoms with Crippen LogP contribution in [0.15, 0.2) is 42.7 Å². The average Bonchev–Trinajstić information content (AvgIpc) is 2.76. The molecule has 0 amide bonds. The Bertz CT molecular complexity index is 651. The summed E-state index contributed by atoms with van der Waals surface area (Å²) in [6.07, 6.45) is 3.48. The summed E-state index contributed by atoms with van der Waals surface area (Å²) in [5.41, 5.74) is 0.965. The second kappa shape index (κ2) is 4.31. The van der Waals surface area contributed by atoms with E-state index in [1.807, 2.05) is 30.3 Å². The molecule has 2 heterocycles. The number of rotatable bonds is 2. The number of anilines is 2. The van der Waals surface area contributed by atoms with Crippen molar-refractivity contribution in [1.29, 1.82) is 0 Å². The lowest BCUT2D eigenvalue weighted by Gasteiger charge is -2.02.